The molecule has 8 nitrogen and oxygen atoms in total. The van der Waals surface area contributed by atoms with Crippen LogP contribution >= 0.6 is 24.0 Å². The molecule has 28 heavy (non-hydrogen) atoms. The molecule has 0 aliphatic heterocycles. The summed E-state index contributed by atoms with van der Waals surface area (Å²) in [6.45, 7) is 7.11. The molecule has 1 aromatic heterocycles. The first kappa shape index (κ1) is 24.4. The van der Waals surface area contributed by atoms with Crippen LogP contribution in [-0.4, -0.2) is 33.5 Å². The SMILES string of the molecule is CN=C(NCc1ccc(S(=O)(=O)NC)cc1)NCc1ncc(C(C)(C)C)o1.I. The lowest BCUT2D eigenvalue weighted by molar-refractivity contribution is 0.379. The molecule has 0 saturated carbocycles. The third-order valence-electron chi connectivity index (χ3n) is 3.89. The average molecular weight is 521 g/mol. The Bertz CT molecular complexity index is 887. The average Bonchev–Trinajstić information content (AvgIpc) is 3.12. The van der Waals surface area contributed by atoms with Gasteiger partial charge in [0, 0.05) is 19.0 Å². The highest BCUT2D eigenvalue weighted by Crippen LogP contribution is 2.22. The van der Waals surface area contributed by atoms with Gasteiger partial charge in [-0.3, -0.25) is 4.99 Å². The van der Waals surface area contributed by atoms with Gasteiger partial charge in [-0.25, -0.2) is 18.1 Å². The third-order valence-corrected chi connectivity index (χ3v) is 5.32. The van der Waals surface area contributed by atoms with Gasteiger partial charge in [0.05, 0.1) is 17.6 Å². The van der Waals surface area contributed by atoms with Gasteiger partial charge in [-0.2, -0.15) is 0 Å². The summed E-state index contributed by atoms with van der Waals surface area (Å²) >= 11 is 0. The molecule has 0 atom stereocenters. The molecule has 2 rings (SSSR count). The number of guanidine groups is 1. The van der Waals surface area contributed by atoms with Gasteiger partial charge in [0.25, 0.3) is 0 Å². The maximum absolute atomic E-state index is 11.7. The van der Waals surface area contributed by atoms with Gasteiger partial charge in [0.15, 0.2) is 5.96 Å². The van der Waals surface area contributed by atoms with Crippen LogP contribution < -0.4 is 15.4 Å². The van der Waals surface area contributed by atoms with Crippen LogP contribution in [0.2, 0.25) is 0 Å². The minimum absolute atomic E-state index is 0. The molecule has 0 unspecified atom stereocenters. The molecular weight excluding hydrogens is 493 g/mol. The zero-order valence-corrected chi connectivity index (χ0v) is 19.9. The fourth-order valence-electron chi connectivity index (χ4n) is 2.21. The first-order valence-electron chi connectivity index (χ1n) is 8.58. The zero-order chi connectivity index (χ0) is 20.1. The number of aliphatic imine (C=N–C) groups is 1. The van der Waals surface area contributed by atoms with E-state index in [1.54, 1.807) is 37.5 Å². The van der Waals surface area contributed by atoms with Crippen molar-refractivity contribution >= 4 is 40.0 Å². The number of nitrogens with zero attached hydrogens (tertiary/aromatic N) is 2. The van der Waals surface area contributed by atoms with Crippen LogP contribution in [0, 0.1) is 0 Å². The molecule has 156 valence electrons. The first-order valence-corrected chi connectivity index (χ1v) is 10.1. The van der Waals surface area contributed by atoms with Gasteiger partial charge in [0.1, 0.15) is 5.76 Å². The second-order valence-corrected chi connectivity index (χ2v) is 8.89. The topological polar surface area (TPSA) is 109 Å². The number of oxazole rings is 1. The highest BCUT2D eigenvalue weighted by Gasteiger charge is 2.19. The predicted octanol–water partition coefficient (Wildman–Crippen LogP) is 2.36. The maximum Gasteiger partial charge on any atom is 0.240 e. The van der Waals surface area contributed by atoms with E-state index in [0.29, 0.717) is 24.9 Å². The summed E-state index contributed by atoms with van der Waals surface area (Å²) in [6, 6.07) is 6.65. The minimum atomic E-state index is -3.42. The first-order chi connectivity index (χ1) is 12.7. The quantitative estimate of drug-likeness (QED) is 0.306. The molecule has 0 saturated heterocycles. The summed E-state index contributed by atoms with van der Waals surface area (Å²) in [5.74, 6) is 2.01. The number of nitrogens with one attached hydrogen (secondary N) is 3. The van der Waals surface area contributed by atoms with Crippen LogP contribution in [0.15, 0.2) is 44.8 Å². The Morgan fingerprint density at radius 3 is 2.25 bits per heavy atom. The van der Waals surface area contributed by atoms with Crippen molar-refractivity contribution in [2.24, 2.45) is 4.99 Å². The minimum Gasteiger partial charge on any atom is -0.443 e. The lowest BCUT2D eigenvalue weighted by atomic mass is 9.94. The number of hydrogen-bond acceptors (Lipinski definition) is 5. The molecule has 0 aliphatic rings. The van der Waals surface area contributed by atoms with Crippen LogP contribution in [0.4, 0.5) is 0 Å². The second kappa shape index (κ2) is 10.2. The Kier molecular flexibility index (Phi) is 8.89. The molecule has 1 aromatic carbocycles. The Labute approximate surface area is 183 Å². The summed E-state index contributed by atoms with van der Waals surface area (Å²) in [7, 11) is -0.360. The van der Waals surface area contributed by atoms with E-state index in [4.69, 9.17) is 4.42 Å². The Morgan fingerprint density at radius 2 is 1.75 bits per heavy atom. The summed E-state index contributed by atoms with van der Waals surface area (Å²) in [5, 5.41) is 6.31. The Hall–Kier alpha value is -1.66. The van der Waals surface area contributed by atoms with Gasteiger partial charge in [-0.05, 0) is 24.7 Å². The second-order valence-electron chi connectivity index (χ2n) is 7.00. The van der Waals surface area contributed by atoms with Crippen molar-refractivity contribution in [3.05, 3.63) is 47.7 Å². The molecule has 0 radical (unpaired) electrons. The van der Waals surface area contributed by atoms with Gasteiger partial charge >= 0.3 is 0 Å². The summed E-state index contributed by atoms with van der Waals surface area (Å²) in [5.41, 5.74) is 0.845. The monoisotopic (exact) mass is 521 g/mol. The van der Waals surface area contributed by atoms with Crippen molar-refractivity contribution < 1.29 is 12.8 Å². The molecule has 0 spiro atoms. The molecule has 0 amide bonds. The van der Waals surface area contributed by atoms with E-state index < -0.39 is 10.0 Å². The van der Waals surface area contributed by atoms with E-state index in [0.717, 1.165) is 11.3 Å². The third kappa shape index (κ3) is 6.74. The molecule has 10 heteroatoms. The fraction of sp³-hybridized carbons (Fsp3) is 0.444. The highest BCUT2D eigenvalue weighted by atomic mass is 127. The van der Waals surface area contributed by atoms with Gasteiger partial charge in [0.2, 0.25) is 15.9 Å². The molecule has 0 aliphatic carbocycles. The van der Waals surface area contributed by atoms with E-state index in [2.05, 4.69) is 46.1 Å². The lowest BCUT2D eigenvalue weighted by Gasteiger charge is -2.13. The number of aromatic nitrogens is 1. The van der Waals surface area contributed by atoms with Gasteiger partial charge < -0.3 is 15.1 Å². The summed E-state index contributed by atoms with van der Waals surface area (Å²) in [4.78, 5) is 8.67. The standard InChI is InChI=1S/C18H27N5O3S.HI/c1-18(2,3)15-11-21-16(26-15)12-23-17(19-4)22-10-13-6-8-14(9-7-13)27(24,25)20-5;/h6-9,11,20H,10,12H2,1-5H3,(H2,19,22,23);1H. The fourth-order valence-corrected chi connectivity index (χ4v) is 2.94. The lowest BCUT2D eigenvalue weighted by Crippen LogP contribution is -2.36. The largest absolute Gasteiger partial charge is 0.443 e. The van der Waals surface area contributed by atoms with Crippen LogP contribution in [0.25, 0.3) is 0 Å². The van der Waals surface area contributed by atoms with Gasteiger partial charge in [-0.15, -0.1) is 24.0 Å². The molecule has 3 N–H and O–H groups in total. The van der Waals surface area contributed by atoms with E-state index in [-0.39, 0.29) is 34.3 Å². The normalized spacial score (nSPS) is 12.4. The van der Waals surface area contributed by atoms with Crippen molar-refractivity contribution in [1.82, 2.24) is 20.3 Å². The van der Waals surface area contributed by atoms with Crippen LogP contribution in [0.5, 0.6) is 0 Å². The van der Waals surface area contributed by atoms with Crippen molar-refractivity contribution in [3.63, 3.8) is 0 Å². The van der Waals surface area contributed by atoms with Crippen LogP contribution in [-0.2, 0) is 28.5 Å². The Morgan fingerprint density at radius 1 is 1.14 bits per heavy atom. The maximum atomic E-state index is 11.7. The van der Waals surface area contributed by atoms with Crippen molar-refractivity contribution in [3.8, 4) is 0 Å². The van der Waals surface area contributed by atoms with Crippen molar-refractivity contribution in [2.45, 2.75) is 44.2 Å². The molecule has 0 fully saturated rings. The summed E-state index contributed by atoms with van der Waals surface area (Å²) < 4.78 is 31.5. The number of hydrogen-bond donors (Lipinski definition) is 3. The smallest absolute Gasteiger partial charge is 0.240 e. The van der Waals surface area contributed by atoms with Crippen LogP contribution in [0.1, 0.15) is 38.0 Å². The number of benzene rings is 1. The number of sulfonamides is 1. The molecular formula is C18H28IN5O3S. The van der Waals surface area contributed by atoms with Gasteiger partial charge in [-0.1, -0.05) is 32.9 Å². The highest BCUT2D eigenvalue weighted by molar-refractivity contribution is 14.0. The van der Waals surface area contributed by atoms with E-state index in [1.807, 2.05) is 0 Å². The van der Waals surface area contributed by atoms with Crippen molar-refractivity contribution in [1.29, 1.82) is 0 Å². The zero-order valence-electron chi connectivity index (χ0n) is 16.7. The summed E-state index contributed by atoms with van der Waals surface area (Å²) in [6.07, 6.45) is 1.74. The number of rotatable bonds is 6. The Balaban J connectivity index is 0.00000392. The molecule has 0 bridgehead atoms. The number of halogens is 1. The molecule has 2 aromatic rings. The van der Waals surface area contributed by atoms with E-state index in [1.165, 1.54) is 7.05 Å². The predicted molar refractivity (Wildman–Crippen MR) is 120 cm³/mol. The van der Waals surface area contributed by atoms with E-state index >= 15 is 0 Å². The molecule has 1 heterocycles. The van der Waals surface area contributed by atoms with Crippen LogP contribution in [0.3, 0.4) is 0 Å². The van der Waals surface area contributed by atoms with E-state index in [9.17, 15) is 8.42 Å². The van der Waals surface area contributed by atoms with Crippen molar-refractivity contribution in [2.75, 3.05) is 14.1 Å².